The number of hydrogen-bond donors (Lipinski definition) is 2. The molecule has 200 valence electrons. The summed E-state index contributed by atoms with van der Waals surface area (Å²) in [6, 6.07) is 26.7. The molecule has 0 saturated heterocycles. The van der Waals surface area contributed by atoms with Crippen LogP contribution < -0.4 is 10.2 Å². The molecular weight excluding hydrogens is 508 g/mol. The molecular formula is C32H26N2O6. The Morgan fingerprint density at radius 2 is 1.15 bits per heavy atom. The third kappa shape index (κ3) is 6.68. The second-order valence-corrected chi connectivity index (χ2v) is 8.82. The molecule has 4 aromatic rings. The van der Waals surface area contributed by atoms with Crippen molar-refractivity contribution in [2.45, 2.75) is 0 Å². The van der Waals surface area contributed by atoms with E-state index in [4.69, 9.17) is 5.11 Å². The number of carboxylic acids is 1. The van der Waals surface area contributed by atoms with Gasteiger partial charge in [0.15, 0.2) is 0 Å². The van der Waals surface area contributed by atoms with Crippen LogP contribution in [0.3, 0.4) is 0 Å². The maximum atomic E-state index is 12.9. The van der Waals surface area contributed by atoms with Crippen molar-refractivity contribution in [2.24, 2.45) is 0 Å². The Kier molecular flexibility index (Phi) is 8.51. The summed E-state index contributed by atoms with van der Waals surface area (Å²) in [6.07, 6.45) is 3.77. The topological polar surface area (TPSA) is 113 Å². The average molecular weight is 535 g/mol. The summed E-state index contributed by atoms with van der Waals surface area (Å²) in [5.41, 5.74) is 4.44. The maximum absolute atomic E-state index is 12.9. The van der Waals surface area contributed by atoms with Crippen molar-refractivity contribution < 1.29 is 29.0 Å². The summed E-state index contributed by atoms with van der Waals surface area (Å²) < 4.78 is 4.68. The number of ether oxygens (including phenoxy) is 1. The molecule has 0 aliphatic rings. The molecule has 0 aliphatic carbocycles. The van der Waals surface area contributed by atoms with E-state index in [1.54, 1.807) is 79.8 Å². The number of nitrogens with one attached hydrogen (secondary N) is 1. The van der Waals surface area contributed by atoms with Gasteiger partial charge in [-0.3, -0.25) is 9.59 Å². The van der Waals surface area contributed by atoms with Crippen LogP contribution in [-0.4, -0.2) is 43.0 Å². The number of aromatic carboxylic acids is 1. The van der Waals surface area contributed by atoms with Crippen LogP contribution in [0.15, 0.2) is 97.1 Å². The first-order valence-corrected chi connectivity index (χ1v) is 12.2. The molecule has 0 bridgehead atoms. The number of amides is 2. The lowest BCUT2D eigenvalue weighted by Gasteiger charge is -2.18. The lowest BCUT2D eigenvalue weighted by molar-refractivity contribution is 0.0599. The molecule has 2 amide bonds. The fourth-order valence-corrected chi connectivity index (χ4v) is 3.82. The highest BCUT2D eigenvalue weighted by Gasteiger charge is 2.15. The van der Waals surface area contributed by atoms with Crippen molar-refractivity contribution in [3.8, 4) is 0 Å². The second kappa shape index (κ2) is 12.4. The number of methoxy groups -OCH3 is 1. The zero-order chi connectivity index (χ0) is 28.6. The summed E-state index contributed by atoms with van der Waals surface area (Å²) in [5, 5.41) is 11.8. The van der Waals surface area contributed by atoms with E-state index >= 15 is 0 Å². The molecule has 0 atom stereocenters. The number of rotatable bonds is 8. The van der Waals surface area contributed by atoms with Gasteiger partial charge in [0.1, 0.15) is 0 Å². The zero-order valence-corrected chi connectivity index (χ0v) is 21.8. The molecule has 2 N–H and O–H groups in total. The van der Waals surface area contributed by atoms with Gasteiger partial charge in [-0.1, -0.05) is 36.4 Å². The van der Waals surface area contributed by atoms with Crippen molar-refractivity contribution in [3.63, 3.8) is 0 Å². The largest absolute Gasteiger partial charge is 0.478 e. The van der Waals surface area contributed by atoms with E-state index in [1.165, 1.54) is 24.1 Å². The highest BCUT2D eigenvalue weighted by molar-refractivity contribution is 6.07. The van der Waals surface area contributed by atoms with Gasteiger partial charge in [-0.15, -0.1) is 0 Å². The lowest BCUT2D eigenvalue weighted by Crippen LogP contribution is -2.26. The van der Waals surface area contributed by atoms with E-state index < -0.39 is 11.9 Å². The van der Waals surface area contributed by atoms with E-state index in [2.05, 4.69) is 10.1 Å². The standard InChI is InChI=1S/C32H26N2O6/c1-34(30(36)24-11-13-26(14-12-24)32(39)40-2)28-19-15-23(16-20-28)29(35)33-27-17-7-22(8-18-27)4-3-21-5-9-25(10-6-21)31(37)38/h3-20H,1-2H3,(H,33,35)(H,37,38)/b4-3+. The van der Waals surface area contributed by atoms with Crippen molar-refractivity contribution in [3.05, 3.63) is 130 Å². The molecule has 0 fully saturated rings. The minimum Gasteiger partial charge on any atom is -0.478 e. The zero-order valence-electron chi connectivity index (χ0n) is 21.8. The van der Waals surface area contributed by atoms with E-state index in [0.717, 1.165) is 11.1 Å². The summed E-state index contributed by atoms with van der Waals surface area (Å²) in [6.45, 7) is 0. The van der Waals surface area contributed by atoms with E-state index in [1.807, 2.05) is 24.3 Å². The SMILES string of the molecule is COC(=O)c1ccc(C(=O)N(C)c2ccc(C(=O)Nc3ccc(/C=C/c4ccc(C(=O)O)cc4)cc3)cc2)cc1. The van der Waals surface area contributed by atoms with Crippen LogP contribution in [0.4, 0.5) is 11.4 Å². The van der Waals surface area contributed by atoms with Crippen LogP contribution in [0.25, 0.3) is 12.2 Å². The monoisotopic (exact) mass is 534 g/mol. The summed E-state index contributed by atoms with van der Waals surface area (Å²) >= 11 is 0. The molecule has 0 aromatic heterocycles. The maximum Gasteiger partial charge on any atom is 0.337 e. The van der Waals surface area contributed by atoms with E-state index in [-0.39, 0.29) is 17.4 Å². The Labute approximate surface area is 231 Å². The van der Waals surface area contributed by atoms with Crippen LogP contribution in [-0.2, 0) is 4.74 Å². The second-order valence-electron chi connectivity index (χ2n) is 8.82. The average Bonchev–Trinajstić information content (AvgIpc) is 3.00. The number of carbonyl (C=O) groups excluding carboxylic acids is 3. The van der Waals surface area contributed by atoms with Crippen molar-refractivity contribution >= 4 is 47.3 Å². The Morgan fingerprint density at radius 3 is 1.68 bits per heavy atom. The number of carboxylic acid groups (broad SMARTS) is 1. The van der Waals surface area contributed by atoms with Crippen LogP contribution in [0.2, 0.25) is 0 Å². The van der Waals surface area contributed by atoms with E-state index in [0.29, 0.717) is 28.1 Å². The minimum atomic E-state index is -0.965. The molecule has 0 radical (unpaired) electrons. The molecule has 4 aromatic carbocycles. The summed E-state index contributed by atoms with van der Waals surface area (Å²) in [4.78, 5) is 49.6. The van der Waals surface area contributed by atoms with Crippen LogP contribution in [0.1, 0.15) is 52.6 Å². The predicted octanol–water partition coefficient (Wildman–Crippen LogP) is 5.87. The molecule has 4 rings (SSSR count). The highest BCUT2D eigenvalue weighted by atomic mass is 16.5. The molecule has 0 aliphatic heterocycles. The van der Waals surface area contributed by atoms with Crippen molar-refractivity contribution in [1.29, 1.82) is 0 Å². The first-order valence-electron chi connectivity index (χ1n) is 12.2. The van der Waals surface area contributed by atoms with Crippen molar-refractivity contribution in [2.75, 3.05) is 24.4 Å². The molecule has 8 nitrogen and oxygen atoms in total. The molecule has 0 spiro atoms. The van der Waals surface area contributed by atoms with Gasteiger partial charge in [0.25, 0.3) is 11.8 Å². The Morgan fingerprint density at radius 1 is 0.675 bits per heavy atom. The van der Waals surface area contributed by atoms with Crippen LogP contribution in [0.5, 0.6) is 0 Å². The van der Waals surface area contributed by atoms with Gasteiger partial charge < -0.3 is 20.1 Å². The van der Waals surface area contributed by atoms with Crippen molar-refractivity contribution in [1.82, 2.24) is 0 Å². The molecule has 0 unspecified atom stereocenters. The first kappa shape index (κ1) is 27.5. The Balaban J connectivity index is 1.35. The van der Waals surface area contributed by atoms with Gasteiger partial charge in [0, 0.05) is 29.5 Å². The van der Waals surface area contributed by atoms with Gasteiger partial charge in [0.05, 0.1) is 18.2 Å². The van der Waals surface area contributed by atoms with Gasteiger partial charge in [-0.05, 0) is 83.9 Å². The summed E-state index contributed by atoms with van der Waals surface area (Å²) in [5.74, 6) is -2.00. The number of nitrogens with zero attached hydrogens (tertiary/aromatic N) is 1. The van der Waals surface area contributed by atoms with Crippen LogP contribution in [0, 0.1) is 0 Å². The van der Waals surface area contributed by atoms with Gasteiger partial charge >= 0.3 is 11.9 Å². The fraction of sp³-hybridized carbons (Fsp3) is 0.0625. The number of benzene rings is 4. The van der Waals surface area contributed by atoms with Crippen LogP contribution >= 0.6 is 0 Å². The third-order valence-electron chi connectivity index (χ3n) is 6.17. The Hall–Kier alpha value is -5.50. The molecule has 0 saturated carbocycles. The minimum absolute atomic E-state index is 0.233. The van der Waals surface area contributed by atoms with Gasteiger partial charge in [0.2, 0.25) is 0 Å². The number of hydrogen-bond acceptors (Lipinski definition) is 5. The summed E-state index contributed by atoms with van der Waals surface area (Å²) in [7, 11) is 2.93. The molecule has 0 heterocycles. The number of anilines is 2. The van der Waals surface area contributed by atoms with E-state index in [9.17, 15) is 19.2 Å². The first-order chi connectivity index (χ1) is 19.2. The van der Waals surface area contributed by atoms with Gasteiger partial charge in [-0.25, -0.2) is 9.59 Å². The molecule has 40 heavy (non-hydrogen) atoms. The highest BCUT2D eigenvalue weighted by Crippen LogP contribution is 2.19. The molecule has 8 heteroatoms. The Bertz CT molecular complexity index is 1560. The normalized spacial score (nSPS) is 10.7. The predicted molar refractivity (Wildman–Crippen MR) is 154 cm³/mol. The quantitative estimate of drug-likeness (QED) is 0.216. The third-order valence-corrected chi connectivity index (χ3v) is 6.17. The lowest BCUT2D eigenvalue weighted by atomic mass is 10.1. The number of carbonyl (C=O) groups is 4. The van der Waals surface area contributed by atoms with Gasteiger partial charge in [-0.2, -0.15) is 0 Å². The smallest absolute Gasteiger partial charge is 0.337 e. The fourth-order valence-electron chi connectivity index (χ4n) is 3.82. The number of esters is 1.